The van der Waals surface area contributed by atoms with Gasteiger partial charge >= 0.3 is 5.97 Å². The molecule has 0 fully saturated rings. The van der Waals surface area contributed by atoms with E-state index in [4.69, 9.17) is 10.8 Å². The number of nitrogen functional groups attached to an aromatic ring is 1. The van der Waals surface area contributed by atoms with Crippen molar-refractivity contribution in [3.63, 3.8) is 0 Å². The molecule has 1 rings (SSSR count). The van der Waals surface area contributed by atoms with Gasteiger partial charge in [-0.05, 0) is 46.4 Å². The molecule has 0 spiro atoms. The predicted molar refractivity (Wildman–Crippen MR) is 60.2 cm³/mol. The number of carboxylic acids is 1. The average Bonchev–Trinajstić information content (AvgIpc) is 2.07. The lowest BCUT2D eigenvalue weighted by Crippen LogP contribution is -1.90. The van der Waals surface area contributed by atoms with Gasteiger partial charge in [-0.2, -0.15) is 0 Å². The third-order valence-electron chi connectivity index (χ3n) is 1.44. The molecule has 0 bridgehead atoms. The van der Waals surface area contributed by atoms with Gasteiger partial charge in [0.1, 0.15) is 0 Å². The van der Waals surface area contributed by atoms with E-state index in [-0.39, 0.29) is 0 Å². The molecule has 0 heterocycles. The molecule has 4 heteroatoms. The second-order valence-corrected chi connectivity index (χ2v) is 3.61. The van der Waals surface area contributed by atoms with Crippen molar-refractivity contribution in [2.24, 2.45) is 0 Å². The number of halogens is 1. The first-order valence-electron chi connectivity index (χ1n) is 3.55. The number of aliphatic carboxylic acids is 1. The molecule has 3 nitrogen and oxygen atoms in total. The first-order valence-corrected chi connectivity index (χ1v) is 4.63. The van der Waals surface area contributed by atoms with E-state index < -0.39 is 5.97 Å². The van der Waals surface area contributed by atoms with Crippen LogP contribution in [-0.2, 0) is 4.79 Å². The van der Waals surface area contributed by atoms with E-state index in [2.05, 4.69) is 22.6 Å². The molecule has 0 saturated carbocycles. The fraction of sp³-hybridized carbons (Fsp3) is 0. The summed E-state index contributed by atoms with van der Waals surface area (Å²) in [6.45, 7) is 0. The van der Waals surface area contributed by atoms with Gasteiger partial charge in [0.15, 0.2) is 0 Å². The van der Waals surface area contributed by atoms with Gasteiger partial charge in [-0.15, -0.1) is 0 Å². The topological polar surface area (TPSA) is 63.3 Å². The quantitative estimate of drug-likeness (QED) is 0.497. The van der Waals surface area contributed by atoms with Crippen LogP contribution in [0.15, 0.2) is 24.3 Å². The zero-order valence-corrected chi connectivity index (χ0v) is 8.86. The maximum Gasteiger partial charge on any atom is 0.328 e. The van der Waals surface area contributed by atoms with Crippen molar-refractivity contribution in [3.8, 4) is 0 Å². The molecule has 13 heavy (non-hydrogen) atoms. The zero-order valence-electron chi connectivity index (χ0n) is 6.70. The number of carboxylic acid groups (broad SMARTS) is 1. The second kappa shape index (κ2) is 4.27. The Kier molecular flexibility index (Phi) is 3.30. The van der Waals surface area contributed by atoms with Crippen LogP contribution in [0.3, 0.4) is 0 Å². The van der Waals surface area contributed by atoms with Crippen LogP contribution in [-0.4, -0.2) is 11.1 Å². The highest BCUT2D eigenvalue weighted by Crippen LogP contribution is 2.16. The van der Waals surface area contributed by atoms with Gasteiger partial charge in [0.2, 0.25) is 0 Å². The standard InChI is InChI=1S/C9H8INO2/c10-7-3-1-6(5-8(7)11)2-4-9(12)13/h1-5H,11H2,(H,12,13)/b4-2+. The van der Waals surface area contributed by atoms with Gasteiger partial charge in [0, 0.05) is 15.3 Å². The maximum absolute atomic E-state index is 10.2. The van der Waals surface area contributed by atoms with E-state index in [0.717, 1.165) is 15.2 Å². The summed E-state index contributed by atoms with van der Waals surface area (Å²) < 4.78 is 0.963. The van der Waals surface area contributed by atoms with E-state index in [1.165, 1.54) is 6.08 Å². The number of anilines is 1. The molecule has 0 aromatic heterocycles. The van der Waals surface area contributed by atoms with Crippen LogP contribution >= 0.6 is 22.6 Å². The Hall–Kier alpha value is -1.04. The molecule has 0 saturated heterocycles. The van der Waals surface area contributed by atoms with Crippen LogP contribution in [0.5, 0.6) is 0 Å². The summed E-state index contributed by atoms with van der Waals surface area (Å²) in [5.41, 5.74) is 7.09. The largest absolute Gasteiger partial charge is 0.478 e. The maximum atomic E-state index is 10.2. The molecule has 0 aliphatic heterocycles. The van der Waals surface area contributed by atoms with Crippen molar-refractivity contribution in [2.75, 3.05) is 5.73 Å². The highest BCUT2D eigenvalue weighted by molar-refractivity contribution is 14.1. The number of nitrogens with two attached hydrogens (primary N) is 1. The molecule has 0 amide bonds. The molecule has 0 aliphatic carbocycles. The van der Waals surface area contributed by atoms with Crippen LogP contribution < -0.4 is 5.73 Å². The van der Waals surface area contributed by atoms with E-state index in [1.54, 1.807) is 6.07 Å². The predicted octanol–water partition coefficient (Wildman–Crippen LogP) is 1.97. The molecule has 1 aromatic rings. The van der Waals surface area contributed by atoms with E-state index in [1.807, 2.05) is 12.1 Å². The summed E-state index contributed by atoms with van der Waals surface area (Å²) in [5.74, 6) is -0.961. The van der Waals surface area contributed by atoms with Crippen molar-refractivity contribution in [1.82, 2.24) is 0 Å². The first kappa shape index (κ1) is 10.0. The lowest BCUT2D eigenvalue weighted by Gasteiger charge is -1.98. The third-order valence-corrected chi connectivity index (χ3v) is 2.42. The minimum absolute atomic E-state index is 0.660. The van der Waals surface area contributed by atoms with E-state index in [0.29, 0.717) is 5.69 Å². The zero-order chi connectivity index (χ0) is 9.84. The Bertz CT molecular complexity index is 361. The van der Waals surface area contributed by atoms with Crippen molar-refractivity contribution in [2.45, 2.75) is 0 Å². The summed E-state index contributed by atoms with van der Waals surface area (Å²) in [7, 11) is 0. The van der Waals surface area contributed by atoms with Crippen molar-refractivity contribution in [3.05, 3.63) is 33.4 Å². The fourth-order valence-corrected chi connectivity index (χ4v) is 1.17. The summed E-state index contributed by atoms with van der Waals surface area (Å²) in [4.78, 5) is 10.2. The normalized spacial score (nSPS) is 10.5. The van der Waals surface area contributed by atoms with Gasteiger partial charge in [-0.1, -0.05) is 6.07 Å². The number of hydrogen-bond acceptors (Lipinski definition) is 2. The van der Waals surface area contributed by atoms with E-state index >= 15 is 0 Å². The first-order chi connectivity index (χ1) is 6.09. The minimum Gasteiger partial charge on any atom is -0.478 e. The molecule has 0 aliphatic rings. The molecule has 3 N–H and O–H groups in total. The smallest absolute Gasteiger partial charge is 0.328 e. The molecule has 0 radical (unpaired) electrons. The van der Waals surface area contributed by atoms with Crippen LogP contribution in [0.25, 0.3) is 6.08 Å². The monoisotopic (exact) mass is 289 g/mol. The van der Waals surface area contributed by atoms with Crippen molar-refractivity contribution < 1.29 is 9.90 Å². The number of benzene rings is 1. The summed E-state index contributed by atoms with van der Waals surface area (Å²) in [5, 5.41) is 8.38. The third kappa shape index (κ3) is 3.06. The van der Waals surface area contributed by atoms with Gasteiger partial charge in [0.25, 0.3) is 0 Å². The number of hydrogen-bond donors (Lipinski definition) is 2. The Morgan fingerprint density at radius 2 is 2.23 bits per heavy atom. The summed E-state index contributed by atoms with van der Waals surface area (Å²) >= 11 is 2.12. The Labute approximate surface area is 89.4 Å². The second-order valence-electron chi connectivity index (χ2n) is 2.45. The van der Waals surface area contributed by atoms with Crippen LogP contribution in [0.4, 0.5) is 5.69 Å². The Balaban J connectivity index is 2.92. The van der Waals surface area contributed by atoms with Gasteiger partial charge < -0.3 is 10.8 Å². The SMILES string of the molecule is Nc1cc(/C=C/C(=O)O)ccc1I. The van der Waals surface area contributed by atoms with Gasteiger partial charge in [-0.25, -0.2) is 4.79 Å². The molecule has 1 aromatic carbocycles. The summed E-state index contributed by atoms with van der Waals surface area (Å²) in [6.07, 6.45) is 2.59. The van der Waals surface area contributed by atoms with Crippen molar-refractivity contribution >= 4 is 40.3 Å². The number of carbonyl (C=O) groups is 1. The Morgan fingerprint density at radius 1 is 1.54 bits per heavy atom. The average molecular weight is 289 g/mol. The summed E-state index contributed by atoms with van der Waals surface area (Å²) in [6, 6.07) is 5.40. The minimum atomic E-state index is -0.961. The Morgan fingerprint density at radius 3 is 2.77 bits per heavy atom. The molecular weight excluding hydrogens is 281 g/mol. The lowest BCUT2D eigenvalue weighted by atomic mass is 10.2. The van der Waals surface area contributed by atoms with E-state index in [9.17, 15) is 4.79 Å². The molecular formula is C9H8INO2. The van der Waals surface area contributed by atoms with Crippen LogP contribution in [0.1, 0.15) is 5.56 Å². The molecule has 68 valence electrons. The van der Waals surface area contributed by atoms with Gasteiger partial charge in [0.05, 0.1) is 0 Å². The van der Waals surface area contributed by atoms with Crippen LogP contribution in [0, 0.1) is 3.57 Å². The van der Waals surface area contributed by atoms with Crippen LogP contribution in [0.2, 0.25) is 0 Å². The highest BCUT2D eigenvalue weighted by Gasteiger charge is 1.95. The molecule has 0 unspecified atom stereocenters. The molecule has 0 atom stereocenters. The number of rotatable bonds is 2. The van der Waals surface area contributed by atoms with Gasteiger partial charge in [-0.3, -0.25) is 0 Å². The lowest BCUT2D eigenvalue weighted by molar-refractivity contribution is -0.131. The van der Waals surface area contributed by atoms with Crippen molar-refractivity contribution in [1.29, 1.82) is 0 Å². The fourth-order valence-electron chi connectivity index (χ4n) is 0.833. The highest BCUT2D eigenvalue weighted by atomic mass is 127.